The first-order valence-corrected chi connectivity index (χ1v) is 16.7. The van der Waals surface area contributed by atoms with Crippen molar-refractivity contribution in [3.8, 4) is 0 Å². The lowest BCUT2D eigenvalue weighted by molar-refractivity contribution is -0.127. The number of nitrogens with zero attached hydrogens (tertiary/aromatic N) is 3. The van der Waals surface area contributed by atoms with Crippen molar-refractivity contribution in [2.24, 2.45) is 11.7 Å². The number of aryl methyl sites for hydroxylation is 1. The number of nitrogens with one attached hydrogen (secondary N) is 1. The molecule has 5 rings (SSSR count). The van der Waals surface area contributed by atoms with E-state index < -0.39 is 5.92 Å². The normalized spacial score (nSPS) is 23.6. The third-order valence-corrected chi connectivity index (χ3v) is 9.98. The van der Waals surface area contributed by atoms with Crippen molar-refractivity contribution >= 4 is 5.78 Å². The number of unbranched alkanes of at least 4 members (excludes halogenated alkanes) is 1. The number of aromatic nitrogens is 1. The number of piperazine rings is 1. The first-order chi connectivity index (χ1) is 20.9. The number of alkyl halides is 2. The van der Waals surface area contributed by atoms with Crippen LogP contribution in [0.4, 0.5) is 8.78 Å². The van der Waals surface area contributed by atoms with Crippen molar-refractivity contribution < 1.29 is 13.6 Å². The summed E-state index contributed by atoms with van der Waals surface area (Å²) >= 11 is 0. The molecule has 0 amide bonds. The summed E-state index contributed by atoms with van der Waals surface area (Å²) in [6.07, 6.45) is 9.17. The molecule has 1 aromatic heterocycles. The quantitative estimate of drug-likeness (QED) is 0.272. The fourth-order valence-corrected chi connectivity index (χ4v) is 7.50. The molecule has 0 radical (unpaired) electrons. The van der Waals surface area contributed by atoms with Crippen LogP contribution in [0.5, 0.6) is 0 Å². The summed E-state index contributed by atoms with van der Waals surface area (Å²) in [5.74, 6) is -2.55. The minimum absolute atomic E-state index is 0.113. The molecule has 2 aliphatic carbocycles. The minimum Gasteiger partial charge on any atom is -0.330 e. The summed E-state index contributed by atoms with van der Waals surface area (Å²) in [6, 6.07) is 15.3. The highest BCUT2D eigenvalue weighted by atomic mass is 19.3. The minimum atomic E-state index is -2.61. The van der Waals surface area contributed by atoms with E-state index >= 15 is 0 Å². The zero-order valence-electron chi connectivity index (χ0n) is 25.7. The summed E-state index contributed by atoms with van der Waals surface area (Å²) in [6.45, 7) is 6.57. The van der Waals surface area contributed by atoms with Crippen LogP contribution in [0.2, 0.25) is 0 Å². The van der Waals surface area contributed by atoms with Crippen molar-refractivity contribution in [1.82, 2.24) is 20.1 Å². The van der Waals surface area contributed by atoms with Gasteiger partial charge in [0.2, 0.25) is 5.92 Å². The molecule has 43 heavy (non-hydrogen) atoms. The van der Waals surface area contributed by atoms with Crippen LogP contribution >= 0.6 is 0 Å². The number of carbonyl (C=O) groups excluding carboxylic acids is 1. The highest BCUT2D eigenvalue weighted by Crippen LogP contribution is 2.38. The number of ketones is 1. The van der Waals surface area contributed by atoms with Crippen molar-refractivity contribution in [3.05, 3.63) is 65.5 Å². The Labute approximate surface area is 256 Å². The number of Topliss-reactive ketones (excluding diaryl/α,β-unsaturated/α-hetero) is 1. The number of carbonyl (C=O) groups is 1. The van der Waals surface area contributed by atoms with E-state index in [0.29, 0.717) is 31.3 Å². The van der Waals surface area contributed by atoms with Gasteiger partial charge in [-0.05, 0) is 94.1 Å². The topological polar surface area (TPSA) is 74.5 Å². The molecular weight excluding hydrogens is 544 g/mol. The second-order valence-electron chi connectivity index (χ2n) is 13.1. The van der Waals surface area contributed by atoms with Gasteiger partial charge in [-0.1, -0.05) is 36.4 Å². The molecule has 2 heterocycles. The summed E-state index contributed by atoms with van der Waals surface area (Å²) < 4.78 is 27.4. The van der Waals surface area contributed by atoms with Crippen LogP contribution in [-0.2, 0) is 11.2 Å². The van der Waals surface area contributed by atoms with Gasteiger partial charge in [0, 0.05) is 63.6 Å². The number of hydrogen-bond donors (Lipinski definition) is 2. The number of benzene rings is 1. The maximum absolute atomic E-state index is 13.7. The van der Waals surface area contributed by atoms with Gasteiger partial charge in [-0.15, -0.1) is 0 Å². The van der Waals surface area contributed by atoms with Crippen molar-refractivity contribution in [2.45, 2.75) is 94.6 Å². The molecule has 1 aromatic carbocycles. The van der Waals surface area contributed by atoms with Gasteiger partial charge >= 0.3 is 0 Å². The molecule has 6 nitrogen and oxygen atoms in total. The van der Waals surface area contributed by atoms with Gasteiger partial charge in [0.15, 0.2) is 0 Å². The second kappa shape index (κ2) is 15.6. The highest BCUT2D eigenvalue weighted by Gasteiger charge is 2.38. The van der Waals surface area contributed by atoms with Crippen molar-refractivity contribution in [1.29, 1.82) is 0 Å². The maximum Gasteiger partial charge on any atom is 0.248 e. The van der Waals surface area contributed by atoms with Crippen LogP contribution in [0, 0.1) is 5.92 Å². The average molecular weight is 596 g/mol. The van der Waals surface area contributed by atoms with Crippen LogP contribution in [0.1, 0.15) is 93.0 Å². The van der Waals surface area contributed by atoms with E-state index in [0.717, 1.165) is 77.9 Å². The van der Waals surface area contributed by atoms with Gasteiger partial charge in [-0.3, -0.25) is 14.7 Å². The third-order valence-electron chi connectivity index (χ3n) is 9.98. The Hall–Kier alpha value is -2.26. The first-order valence-electron chi connectivity index (χ1n) is 16.7. The zero-order chi connectivity index (χ0) is 30.1. The molecule has 1 aliphatic heterocycles. The number of rotatable bonds is 14. The molecule has 3 aliphatic rings. The van der Waals surface area contributed by atoms with Gasteiger partial charge in [-0.25, -0.2) is 8.78 Å². The molecule has 1 saturated heterocycles. The summed E-state index contributed by atoms with van der Waals surface area (Å²) in [5, 5.41) is 3.79. The van der Waals surface area contributed by atoms with Crippen LogP contribution in [0.25, 0.3) is 0 Å². The lowest BCUT2D eigenvalue weighted by atomic mass is 9.80. The molecule has 0 bridgehead atoms. The Kier molecular flexibility index (Phi) is 11.7. The van der Waals surface area contributed by atoms with E-state index in [1.165, 1.54) is 23.2 Å². The fraction of sp³-hybridized carbons (Fsp3) is 0.657. The molecule has 3 atom stereocenters. The smallest absolute Gasteiger partial charge is 0.248 e. The lowest BCUT2D eigenvalue weighted by Crippen LogP contribution is -2.55. The average Bonchev–Trinajstić information content (AvgIpc) is 3.03. The number of halogens is 2. The molecule has 0 spiro atoms. The van der Waals surface area contributed by atoms with Crippen molar-refractivity contribution in [2.75, 3.05) is 45.8 Å². The number of pyridine rings is 1. The predicted molar refractivity (Wildman–Crippen MR) is 168 cm³/mol. The van der Waals surface area contributed by atoms with Gasteiger partial charge in [-0.2, -0.15) is 0 Å². The van der Waals surface area contributed by atoms with Gasteiger partial charge in [0.25, 0.3) is 0 Å². The molecule has 3 N–H and O–H groups in total. The van der Waals surface area contributed by atoms with Crippen molar-refractivity contribution in [3.63, 3.8) is 0 Å². The molecule has 0 unspecified atom stereocenters. The van der Waals surface area contributed by atoms with Crippen LogP contribution in [-0.4, -0.2) is 78.3 Å². The molecule has 1 saturated carbocycles. The van der Waals surface area contributed by atoms with Gasteiger partial charge in [0.05, 0.1) is 11.7 Å². The fourth-order valence-electron chi connectivity index (χ4n) is 7.50. The Bertz CT molecular complexity index is 1140. The van der Waals surface area contributed by atoms with E-state index in [-0.39, 0.29) is 30.5 Å². The summed E-state index contributed by atoms with van der Waals surface area (Å²) in [4.78, 5) is 23.3. The first kappa shape index (κ1) is 32.1. The van der Waals surface area contributed by atoms with E-state index in [2.05, 4.69) is 39.4 Å². The van der Waals surface area contributed by atoms with E-state index in [4.69, 9.17) is 10.7 Å². The SMILES string of the molecule is NCCCCN(C[C@H]1CN(CC[C@@H](CC(=O)C2CCC(F)(F)CC2)c2ccccc2)CCN1)[C@H]1CCCc2cccnc21. The van der Waals surface area contributed by atoms with Crippen LogP contribution in [0.3, 0.4) is 0 Å². The zero-order valence-corrected chi connectivity index (χ0v) is 25.7. The molecule has 2 aromatic rings. The van der Waals surface area contributed by atoms with E-state index in [9.17, 15) is 13.6 Å². The largest absolute Gasteiger partial charge is 0.330 e. The monoisotopic (exact) mass is 595 g/mol. The van der Waals surface area contributed by atoms with Crippen LogP contribution in [0.15, 0.2) is 48.7 Å². The predicted octanol–water partition coefficient (Wildman–Crippen LogP) is 5.73. The Morgan fingerprint density at radius 3 is 2.72 bits per heavy atom. The molecular formula is C35H51F2N5O. The van der Waals surface area contributed by atoms with E-state index in [1.54, 1.807) is 0 Å². The molecule has 8 heteroatoms. The Balaban J connectivity index is 1.20. The third kappa shape index (κ3) is 9.13. The van der Waals surface area contributed by atoms with E-state index in [1.807, 2.05) is 24.4 Å². The number of nitrogens with two attached hydrogens (primary N) is 1. The Morgan fingerprint density at radius 2 is 1.93 bits per heavy atom. The second-order valence-corrected chi connectivity index (χ2v) is 13.1. The molecule has 2 fully saturated rings. The summed E-state index contributed by atoms with van der Waals surface area (Å²) in [5.41, 5.74) is 9.68. The van der Waals surface area contributed by atoms with Gasteiger partial charge < -0.3 is 16.0 Å². The maximum atomic E-state index is 13.7. The van der Waals surface area contributed by atoms with Crippen LogP contribution < -0.4 is 11.1 Å². The standard InChI is InChI=1S/C35H51F2N5O/c36-35(37)16-13-28(14-17-35)33(43)24-30(27-8-2-1-3-9-27)15-22-41-23-20-39-31(25-41)26-42(21-5-4-18-38)32-12-6-10-29-11-7-19-40-34(29)32/h1-3,7-9,11,19,28,30-32,39H,4-6,10,12-18,20-26,38H2/t30-,31+,32-/m0/s1. The number of fused-ring (bicyclic) bond motifs is 1. The lowest BCUT2D eigenvalue weighted by Gasteiger charge is -2.41. The Morgan fingerprint density at radius 1 is 1.12 bits per heavy atom. The highest BCUT2D eigenvalue weighted by molar-refractivity contribution is 5.82. The van der Waals surface area contributed by atoms with Gasteiger partial charge in [0.1, 0.15) is 5.78 Å². The molecule has 236 valence electrons. The summed E-state index contributed by atoms with van der Waals surface area (Å²) in [7, 11) is 0. The number of hydrogen-bond acceptors (Lipinski definition) is 6.